The third kappa shape index (κ3) is 4.92. The third-order valence-corrected chi connectivity index (χ3v) is 8.64. The number of primary amides is 1. The predicted octanol–water partition coefficient (Wildman–Crippen LogP) is 3.53. The number of carbonyl (C=O) groups is 1. The SMILES string of the molecule is CS(=O)(=O)N(Cc1ccc2c(c1)COB2O)Cc1cc2oc(-c3ccc(F)c(F)c3)c(C(N)=O)c2cc1C1CC1. The Kier molecular flexibility index (Phi) is 6.53. The molecule has 0 spiro atoms. The number of fused-ring (bicyclic) bond motifs is 2. The molecule has 2 aliphatic rings. The van der Waals surface area contributed by atoms with Crippen molar-refractivity contribution in [1.29, 1.82) is 0 Å². The van der Waals surface area contributed by atoms with Crippen molar-refractivity contribution >= 4 is 39.5 Å². The Morgan fingerprint density at radius 2 is 1.88 bits per heavy atom. The topological polar surface area (TPSA) is 123 Å². The smallest absolute Gasteiger partial charge is 0.455 e. The van der Waals surface area contributed by atoms with Crippen molar-refractivity contribution < 1.29 is 36.1 Å². The summed E-state index contributed by atoms with van der Waals surface area (Å²) in [6.45, 7) is 0.381. The van der Waals surface area contributed by atoms with E-state index in [4.69, 9.17) is 14.8 Å². The van der Waals surface area contributed by atoms with Crippen LogP contribution in [0.2, 0.25) is 0 Å². The molecule has 3 N–H and O–H groups in total. The zero-order valence-electron chi connectivity index (χ0n) is 21.5. The van der Waals surface area contributed by atoms with Crippen LogP contribution in [0.5, 0.6) is 0 Å². The van der Waals surface area contributed by atoms with Crippen LogP contribution in [0.15, 0.2) is 52.9 Å². The quantitative estimate of drug-likeness (QED) is 0.315. The molecule has 40 heavy (non-hydrogen) atoms. The first kappa shape index (κ1) is 26.6. The van der Waals surface area contributed by atoms with Gasteiger partial charge in [0.25, 0.3) is 5.91 Å². The molecule has 0 atom stereocenters. The lowest BCUT2D eigenvalue weighted by atomic mass is 9.79. The Hall–Kier alpha value is -3.58. The monoisotopic (exact) mass is 566 g/mol. The summed E-state index contributed by atoms with van der Waals surface area (Å²) >= 11 is 0. The van der Waals surface area contributed by atoms with Crippen molar-refractivity contribution in [2.75, 3.05) is 6.26 Å². The number of nitrogens with two attached hydrogens (primary N) is 1. The van der Waals surface area contributed by atoms with Crippen LogP contribution in [0.1, 0.15) is 51.4 Å². The summed E-state index contributed by atoms with van der Waals surface area (Å²) in [6, 6.07) is 12.0. The highest BCUT2D eigenvalue weighted by Crippen LogP contribution is 2.45. The van der Waals surface area contributed by atoms with Gasteiger partial charge < -0.3 is 19.8 Å². The number of sulfonamides is 1. The summed E-state index contributed by atoms with van der Waals surface area (Å²) in [5.41, 5.74) is 9.99. The molecule has 1 fully saturated rings. The summed E-state index contributed by atoms with van der Waals surface area (Å²) in [4.78, 5) is 12.5. The maximum atomic E-state index is 14.0. The van der Waals surface area contributed by atoms with Crippen LogP contribution in [0.3, 0.4) is 0 Å². The van der Waals surface area contributed by atoms with Gasteiger partial charge in [0, 0.05) is 24.0 Å². The number of amides is 1. The molecule has 206 valence electrons. The second-order valence-corrected chi connectivity index (χ2v) is 12.3. The highest BCUT2D eigenvalue weighted by atomic mass is 32.2. The normalized spacial score (nSPS) is 15.3. The molecule has 1 aliphatic carbocycles. The predicted molar refractivity (Wildman–Crippen MR) is 145 cm³/mol. The largest absolute Gasteiger partial charge is 0.491 e. The van der Waals surface area contributed by atoms with Crippen LogP contribution >= 0.6 is 0 Å². The summed E-state index contributed by atoms with van der Waals surface area (Å²) < 4.78 is 65.9. The van der Waals surface area contributed by atoms with E-state index in [1.807, 2.05) is 6.07 Å². The Morgan fingerprint density at radius 1 is 1.10 bits per heavy atom. The molecule has 1 aliphatic heterocycles. The Morgan fingerprint density at radius 3 is 2.55 bits per heavy atom. The number of furan rings is 1. The second kappa shape index (κ2) is 9.81. The van der Waals surface area contributed by atoms with Crippen molar-refractivity contribution in [1.82, 2.24) is 4.31 Å². The van der Waals surface area contributed by atoms with Crippen molar-refractivity contribution in [3.8, 4) is 11.3 Å². The van der Waals surface area contributed by atoms with E-state index in [0.717, 1.165) is 47.9 Å². The van der Waals surface area contributed by atoms with E-state index in [-0.39, 0.29) is 48.1 Å². The molecule has 6 rings (SSSR count). The maximum Gasteiger partial charge on any atom is 0.491 e. The summed E-state index contributed by atoms with van der Waals surface area (Å²) in [7, 11) is -4.65. The highest BCUT2D eigenvalue weighted by molar-refractivity contribution is 7.88. The fourth-order valence-corrected chi connectivity index (χ4v) is 6.02. The van der Waals surface area contributed by atoms with E-state index in [1.54, 1.807) is 24.3 Å². The molecule has 1 aromatic heterocycles. The van der Waals surface area contributed by atoms with Crippen LogP contribution in [0, 0.1) is 11.6 Å². The zero-order valence-corrected chi connectivity index (χ0v) is 22.3. The fourth-order valence-electron chi connectivity index (χ4n) is 5.26. The van der Waals surface area contributed by atoms with Crippen LogP contribution in [-0.4, -0.2) is 37.0 Å². The molecule has 0 saturated heterocycles. The molecular formula is C28H25BF2N2O6S. The van der Waals surface area contributed by atoms with Crippen molar-refractivity contribution in [3.05, 3.63) is 88.0 Å². The molecule has 0 bridgehead atoms. The average molecular weight is 566 g/mol. The van der Waals surface area contributed by atoms with Gasteiger partial charge in [-0.15, -0.1) is 0 Å². The van der Waals surface area contributed by atoms with Gasteiger partial charge in [0.1, 0.15) is 11.3 Å². The van der Waals surface area contributed by atoms with E-state index in [9.17, 15) is 27.0 Å². The maximum absolute atomic E-state index is 14.0. The minimum absolute atomic E-state index is 0.0165. The summed E-state index contributed by atoms with van der Waals surface area (Å²) in [5.74, 6) is -2.71. The van der Waals surface area contributed by atoms with E-state index < -0.39 is 34.7 Å². The second-order valence-electron chi connectivity index (χ2n) is 10.3. The minimum Gasteiger partial charge on any atom is -0.455 e. The number of benzene rings is 3. The molecule has 0 radical (unpaired) electrons. The van der Waals surface area contributed by atoms with Gasteiger partial charge in [-0.1, -0.05) is 18.2 Å². The lowest BCUT2D eigenvalue weighted by Crippen LogP contribution is -2.30. The van der Waals surface area contributed by atoms with Crippen LogP contribution in [0.25, 0.3) is 22.3 Å². The number of halogens is 2. The van der Waals surface area contributed by atoms with Gasteiger partial charge in [0.15, 0.2) is 11.6 Å². The average Bonchev–Trinajstić information content (AvgIpc) is 3.58. The van der Waals surface area contributed by atoms with Gasteiger partial charge in [0.2, 0.25) is 10.0 Å². The number of hydrogen-bond acceptors (Lipinski definition) is 6. The first-order chi connectivity index (χ1) is 19.0. The molecule has 12 heteroatoms. The Bertz CT molecular complexity index is 1790. The Balaban J connectivity index is 1.42. The van der Waals surface area contributed by atoms with Crippen LogP contribution < -0.4 is 11.2 Å². The summed E-state index contributed by atoms with van der Waals surface area (Å²) in [6.07, 6.45) is 2.95. The lowest BCUT2D eigenvalue weighted by molar-refractivity contribution is 0.100. The number of hydrogen-bond donors (Lipinski definition) is 2. The number of nitrogens with zero attached hydrogens (tertiary/aromatic N) is 1. The molecule has 1 saturated carbocycles. The number of rotatable bonds is 8. The molecular weight excluding hydrogens is 541 g/mol. The molecule has 4 aromatic rings. The van der Waals surface area contributed by atoms with Crippen LogP contribution in [0.4, 0.5) is 8.78 Å². The van der Waals surface area contributed by atoms with E-state index in [2.05, 4.69) is 0 Å². The van der Waals surface area contributed by atoms with Gasteiger partial charge >= 0.3 is 7.12 Å². The van der Waals surface area contributed by atoms with Gasteiger partial charge in [0.05, 0.1) is 18.4 Å². The summed E-state index contributed by atoms with van der Waals surface area (Å²) in [5, 5.41) is 10.3. The van der Waals surface area contributed by atoms with Crippen molar-refractivity contribution in [2.24, 2.45) is 5.73 Å². The molecule has 1 amide bonds. The van der Waals surface area contributed by atoms with Gasteiger partial charge in [-0.25, -0.2) is 17.2 Å². The first-order valence-electron chi connectivity index (χ1n) is 12.7. The van der Waals surface area contributed by atoms with Gasteiger partial charge in [-0.05, 0) is 76.8 Å². The van der Waals surface area contributed by atoms with E-state index in [0.29, 0.717) is 16.4 Å². The zero-order chi connectivity index (χ0) is 28.3. The molecule has 2 heterocycles. The number of carbonyl (C=O) groups excluding carboxylic acids is 1. The highest BCUT2D eigenvalue weighted by Gasteiger charge is 2.32. The minimum atomic E-state index is -3.66. The van der Waals surface area contributed by atoms with E-state index >= 15 is 0 Å². The molecule has 8 nitrogen and oxygen atoms in total. The van der Waals surface area contributed by atoms with Crippen molar-refractivity contribution in [2.45, 2.75) is 38.5 Å². The first-order valence-corrected chi connectivity index (χ1v) is 14.6. The lowest BCUT2D eigenvalue weighted by Gasteiger charge is -2.22. The van der Waals surface area contributed by atoms with E-state index in [1.165, 1.54) is 10.4 Å². The van der Waals surface area contributed by atoms with Gasteiger partial charge in [-0.2, -0.15) is 4.31 Å². The fraction of sp³-hybridized carbons (Fsp3) is 0.250. The van der Waals surface area contributed by atoms with Crippen LogP contribution in [-0.2, 0) is 34.4 Å². The molecule has 0 unspecified atom stereocenters. The van der Waals surface area contributed by atoms with Crippen molar-refractivity contribution in [3.63, 3.8) is 0 Å². The third-order valence-electron chi connectivity index (χ3n) is 7.44. The van der Waals surface area contributed by atoms with Gasteiger partial charge in [-0.3, -0.25) is 4.79 Å². The standard InChI is InChI=1S/C28H25BF2N2O6S/c1-40(36,37)33(12-15-2-6-22-19(8-15)14-38-29(22)35)13-18-10-25-21(11-20(18)16-3-4-16)26(28(32)34)27(39-25)17-5-7-23(30)24(31)9-17/h2,5-11,16,35H,3-4,12-14H2,1H3,(H2,32,34). The molecule has 3 aromatic carbocycles. The Labute approximate surface area is 229 Å².